The van der Waals surface area contributed by atoms with Gasteiger partial charge in [-0.15, -0.1) is 11.3 Å². The Morgan fingerprint density at radius 3 is 2.79 bits per heavy atom. The number of imidazole rings is 1. The van der Waals surface area contributed by atoms with Gasteiger partial charge in [0, 0.05) is 16.7 Å². The second-order valence-corrected chi connectivity index (χ2v) is 11.2. The lowest BCUT2D eigenvalue weighted by molar-refractivity contribution is -0.117. The highest BCUT2D eigenvalue weighted by Gasteiger charge is 2.20. The van der Waals surface area contributed by atoms with E-state index in [1.165, 1.54) is 37.3 Å². The van der Waals surface area contributed by atoms with Crippen molar-refractivity contribution in [1.29, 1.82) is 0 Å². The Labute approximate surface area is 232 Å². The zero-order chi connectivity index (χ0) is 26.5. The van der Waals surface area contributed by atoms with Crippen LogP contribution in [-0.4, -0.2) is 46.4 Å². The third-order valence-corrected chi connectivity index (χ3v) is 8.30. The summed E-state index contributed by atoms with van der Waals surface area (Å²) in [7, 11) is 0. The molecule has 5 rings (SSSR count). The third-order valence-electron chi connectivity index (χ3n) is 6.82. The number of hydrogen-bond donors (Lipinski definition) is 1. The fourth-order valence-electron chi connectivity index (χ4n) is 4.84. The fraction of sp³-hybridized carbons (Fsp3) is 0.379. The first-order valence-corrected chi connectivity index (χ1v) is 14.3. The number of benzene rings is 1. The number of primary amides is 1. The summed E-state index contributed by atoms with van der Waals surface area (Å²) in [5, 5.41) is 0.636. The van der Waals surface area contributed by atoms with Crippen molar-refractivity contribution < 1.29 is 14.3 Å². The van der Waals surface area contributed by atoms with Crippen LogP contribution < -0.4 is 15.2 Å². The molecule has 2 N–H and O–H groups in total. The first-order valence-electron chi connectivity index (χ1n) is 13.1. The van der Waals surface area contributed by atoms with E-state index in [0.29, 0.717) is 17.4 Å². The number of ether oxygens (including phenoxy) is 2. The van der Waals surface area contributed by atoms with E-state index in [-0.39, 0.29) is 12.5 Å². The third kappa shape index (κ3) is 6.31. The zero-order valence-electron chi connectivity index (χ0n) is 21.6. The van der Waals surface area contributed by atoms with E-state index in [4.69, 9.17) is 26.8 Å². The molecular formula is C29H33ClN4O3S. The number of amides is 1. The first kappa shape index (κ1) is 26.5. The van der Waals surface area contributed by atoms with Gasteiger partial charge >= 0.3 is 0 Å². The molecule has 9 heteroatoms. The quantitative estimate of drug-likeness (QED) is 0.213. The second-order valence-electron chi connectivity index (χ2n) is 9.66. The lowest BCUT2D eigenvalue weighted by Crippen LogP contribution is -2.20. The van der Waals surface area contributed by atoms with E-state index in [9.17, 15) is 4.79 Å². The molecule has 4 aromatic rings. The van der Waals surface area contributed by atoms with Crippen LogP contribution in [0.25, 0.3) is 16.2 Å². The van der Waals surface area contributed by atoms with E-state index in [2.05, 4.69) is 9.88 Å². The lowest BCUT2D eigenvalue weighted by atomic mass is 10.1. The van der Waals surface area contributed by atoms with Gasteiger partial charge in [-0.1, -0.05) is 29.8 Å². The summed E-state index contributed by atoms with van der Waals surface area (Å²) in [6, 6.07) is 13.5. The van der Waals surface area contributed by atoms with Crippen LogP contribution in [0.3, 0.4) is 0 Å². The Bertz CT molecular complexity index is 1400. The van der Waals surface area contributed by atoms with Crippen molar-refractivity contribution in [3.63, 3.8) is 0 Å². The molecule has 1 amide bonds. The van der Waals surface area contributed by atoms with Crippen LogP contribution >= 0.6 is 22.9 Å². The summed E-state index contributed by atoms with van der Waals surface area (Å²) in [6.45, 7) is 6.24. The van der Waals surface area contributed by atoms with E-state index in [1.807, 2.05) is 66.2 Å². The predicted molar refractivity (Wildman–Crippen MR) is 152 cm³/mol. The molecule has 1 atom stereocenters. The second kappa shape index (κ2) is 12.2. The molecule has 1 fully saturated rings. The molecule has 1 aliphatic heterocycles. The van der Waals surface area contributed by atoms with Crippen LogP contribution in [0.4, 0.5) is 0 Å². The summed E-state index contributed by atoms with van der Waals surface area (Å²) in [5.74, 6) is 1.01. The number of aromatic nitrogens is 2. The van der Waals surface area contributed by atoms with Gasteiger partial charge in [0.25, 0.3) is 0 Å². The van der Waals surface area contributed by atoms with Crippen molar-refractivity contribution in [2.45, 2.75) is 45.1 Å². The largest absolute Gasteiger partial charge is 0.492 e. The fourth-order valence-corrected chi connectivity index (χ4v) is 6.24. The maximum atomic E-state index is 11.8. The Balaban J connectivity index is 1.32. The molecule has 200 valence electrons. The van der Waals surface area contributed by atoms with Crippen LogP contribution in [0.1, 0.15) is 49.2 Å². The minimum absolute atomic E-state index is 0.0950. The van der Waals surface area contributed by atoms with Crippen molar-refractivity contribution in [3.8, 4) is 22.1 Å². The molecule has 1 aliphatic rings. The minimum Gasteiger partial charge on any atom is -0.492 e. The molecule has 0 spiro atoms. The molecule has 3 aromatic heterocycles. The van der Waals surface area contributed by atoms with Gasteiger partial charge in [0.2, 0.25) is 5.91 Å². The van der Waals surface area contributed by atoms with Crippen LogP contribution in [0.2, 0.25) is 5.02 Å². The van der Waals surface area contributed by atoms with Gasteiger partial charge in [0.15, 0.2) is 0 Å². The number of halogens is 1. The topological polar surface area (TPSA) is 82.1 Å². The molecule has 1 aromatic carbocycles. The van der Waals surface area contributed by atoms with Crippen molar-refractivity contribution in [2.24, 2.45) is 5.73 Å². The number of likely N-dealkylation sites (tertiary alicyclic amines) is 1. The summed E-state index contributed by atoms with van der Waals surface area (Å²) >= 11 is 7.86. The van der Waals surface area contributed by atoms with Crippen molar-refractivity contribution in [3.05, 3.63) is 70.3 Å². The molecule has 0 saturated carbocycles. The lowest BCUT2D eigenvalue weighted by Gasteiger charge is -2.16. The number of fused-ring (bicyclic) bond motifs is 1. The van der Waals surface area contributed by atoms with E-state index < -0.39 is 5.91 Å². The van der Waals surface area contributed by atoms with Gasteiger partial charge < -0.3 is 20.1 Å². The number of hydrogen-bond acceptors (Lipinski definition) is 6. The molecule has 0 radical (unpaired) electrons. The molecule has 4 heterocycles. The average Bonchev–Trinajstić information content (AvgIpc) is 3.64. The average molecular weight is 553 g/mol. The Morgan fingerprint density at radius 2 is 2.00 bits per heavy atom. The number of unbranched alkanes of at least 4 members (excludes halogenated alkanes) is 1. The monoisotopic (exact) mass is 552 g/mol. The molecule has 1 saturated heterocycles. The summed E-state index contributed by atoms with van der Waals surface area (Å²) < 4.78 is 14.4. The van der Waals surface area contributed by atoms with Crippen molar-refractivity contribution in [2.75, 3.05) is 26.2 Å². The minimum atomic E-state index is -0.410. The molecule has 7 nitrogen and oxygen atoms in total. The number of nitrogens with two attached hydrogens (primary N) is 1. The Morgan fingerprint density at radius 1 is 1.18 bits per heavy atom. The van der Waals surface area contributed by atoms with Gasteiger partial charge in [-0.2, -0.15) is 0 Å². The zero-order valence-corrected chi connectivity index (χ0v) is 23.1. The predicted octanol–water partition coefficient (Wildman–Crippen LogP) is 6.14. The van der Waals surface area contributed by atoms with Crippen LogP contribution in [-0.2, 0) is 11.2 Å². The van der Waals surface area contributed by atoms with Crippen molar-refractivity contribution >= 4 is 34.5 Å². The molecule has 0 aliphatic carbocycles. The van der Waals surface area contributed by atoms with Crippen molar-refractivity contribution in [1.82, 2.24) is 14.3 Å². The van der Waals surface area contributed by atoms with Crippen LogP contribution in [0.5, 0.6) is 11.5 Å². The molecule has 0 bridgehead atoms. The maximum Gasteiger partial charge on any atom is 0.222 e. The van der Waals surface area contributed by atoms with Gasteiger partial charge in [-0.25, -0.2) is 4.98 Å². The van der Waals surface area contributed by atoms with Gasteiger partial charge in [0.1, 0.15) is 23.3 Å². The Kier molecular flexibility index (Phi) is 8.51. The number of thiophene rings is 1. The highest BCUT2D eigenvalue weighted by Crippen LogP contribution is 2.39. The Hall–Kier alpha value is -3.07. The molecular weight excluding hydrogens is 520 g/mol. The van der Waals surface area contributed by atoms with Gasteiger partial charge in [0.05, 0.1) is 40.9 Å². The molecule has 38 heavy (non-hydrogen) atoms. The normalized spacial score (nSPS) is 14.7. The summed E-state index contributed by atoms with van der Waals surface area (Å²) in [6.07, 6.45) is 8.42. The first-order chi connectivity index (χ1) is 18.5. The van der Waals surface area contributed by atoms with E-state index >= 15 is 0 Å². The number of rotatable bonds is 12. The standard InChI is InChI=1S/C29H33ClN4O3S/c1-20(22-8-2-3-9-23(22)30)37-25-16-26(38-27(25)17-28(31)35)24-18-32-29-11-10-21(19-34(24)29)36-15-7-6-14-33-12-4-5-13-33/h2-3,8-11,16,18-20H,4-7,12-15,17H2,1H3,(H2,31,35). The smallest absolute Gasteiger partial charge is 0.222 e. The number of carbonyl (C=O) groups excluding carboxylic acids is 1. The SMILES string of the molecule is CC(Oc1cc(-c2cnc3ccc(OCCCCN4CCCC4)cn23)sc1CC(N)=O)c1ccccc1Cl. The van der Waals surface area contributed by atoms with Crippen LogP contribution in [0.15, 0.2) is 54.9 Å². The summed E-state index contributed by atoms with van der Waals surface area (Å²) in [4.78, 5) is 20.6. The highest BCUT2D eigenvalue weighted by atomic mass is 35.5. The van der Waals surface area contributed by atoms with Gasteiger partial charge in [-0.3, -0.25) is 9.20 Å². The van der Waals surface area contributed by atoms with E-state index in [1.54, 1.807) is 0 Å². The molecule has 1 unspecified atom stereocenters. The van der Waals surface area contributed by atoms with Gasteiger partial charge in [-0.05, 0) is 70.4 Å². The van der Waals surface area contributed by atoms with E-state index in [0.717, 1.165) is 51.8 Å². The number of pyridine rings is 1. The number of nitrogens with zero attached hydrogens (tertiary/aromatic N) is 3. The van der Waals surface area contributed by atoms with Crippen LogP contribution in [0, 0.1) is 0 Å². The maximum absolute atomic E-state index is 11.8. The highest BCUT2D eigenvalue weighted by molar-refractivity contribution is 7.15. The summed E-state index contributed by atoms with van der Waals surface area (Å²) in [5.41, 5.74) is 8.15. The number of carbonyl (C=O) groups is 1.